The minimum absolute atomic E-state index is 0.116. The van der Waals surface area contributed by atoms with Gasteiger partial charge in [-0.2, -0.15) is 0 Å². The molecule has 0 spiro atoms. The summed E-state index contributed by atoms with van der Waals surface area (Å²) >= 11 is 0. The number of alkyl halides is 2. The summed E-state index contributed by atoms with van der Waals surface area (Å²) in [5, 5.41) is 13.1. The topological polar surface area (TPSA) is 107 Å². The number of benzene rings is 1. The summed E-state index contributed by atoms with van der Waals surface area (Å²) in [5.74, 6) is -2.39. The summed E-state index contributed by atoms with van der Waals surface area (Å²) in [4.78, 5) is 14.0. The molecule has 7 nitrogen and oxygen atoms in total. The highest BCUT2D eigenvalue weighted by Crippen LogP contribution is 2.31. The van der Waals surface area contributed by atoms with Gasteiger partial charge >= 0.3 is 0 Å². The number of pyridine rings is 2. The first kappa shape index (κ1) is 24.7. The van der Waals surface area contributed by atoms with Crippen LogP contribution in [0.4, 0.5) is 14.6 Å². The van der Waals surface area contributed by atoms with Crippen molar-refractivity contribution >= 4 is 28.0 Å². The maximum Gasteiger partial charge on any atom is 0.261 e. The van der Waals surface area contributed by atoms with Crippen LogP contribution in [0.3, 0.4) is 0 Å². The molecule has 0 amide bonds. The Morgan fingerprint density at radius 1 is 1.13 bits per heavy atom. The van der Waals surface area contributed by atoms with Gasteiger partial charge in [0.2, 0.25) is 0 Å². The van der Waals surface area contributed by atoms with Gasteiger partial charge in [-0.1, -0.05) is 18.2 Å². The summed E-state index contributed by atoms with van der Waals surface area (Å²) in [5.41, 5.74) is 12.8. The molecule has 3 aromatic heterocycles. The summed E-state index contributed by atoms with van der Waals surface area (Å²) in [7, 11) is 0. The van der Waals surface area contributed by atoms with Crippen LogP contribution >= 0.6 is 0 Å². The number of allylic oxidation sites excluding steroid dienone is 2. The van der Waals surface area contributed by atoms with E-state index in [-0.39, 0.29) is 24.5 Å². The number of nitrogens with one attached hydrogen (secondary N) is 3. The van der Waals surface area contributed by atoms with E-state index in [1.807, 2.05) is 66.9 Å². The zero-order valence-corrected chi connectivity index (χ0v) is 21.1. The normalized spacial score (nSPS) is 17.0. The lowest BCUT2D eigenvalue weighted by molar-refractivity contribution is 0.0131. The molecule has 1 aromatic carbocycles. The van der Waals surface area contributed by atoms with Gasteiger partial charge in [0.25, 0.3) is 5.92 Å². The predicted molar refractivity (Wildman–Crippen MR) is 150 cm³/mol. The third kappa shape index (κ3) is 5.08. The average Bonchev–Trinajstić information content (AvgIpc) is 3.44. The first-order valence-electron chi connectivity index (χ1n) is 12.7. The number of hydrogen-bond acceptors (Lipinski definition) is 6. The van der Waals surface area contributed by atoms with Gasteiger partial charge < -0.3 is 16.0 Å². The highest BCUT2D eigenvalue weighted by molar-refractivity contribution is 6.15. The summed E-state index contributed by atoms with van der Waals surface area (Å²) in [6.07, 6.45) is 10.7. The van der Waals surface area contributed by atoms with Crippen molar-refractivity contribution in [2.24, 2.45) is 0 Å². The van der Waals surface area contributed by atoms with E-state index in [0.717, 1.165) is 38.9 Å². The van der Waals surface area contributed by atoms with Gasteiger partial charge in [0, 0.05) is 71.9 Å². The lowest BCUT2D eigenvalue weighted by atomic mass is 10.0. The van der Waals surface area contributed by atoms with Gasteiger partial charge in [-0.15, -0.1) is 0 Å². The minimum Gasteiger partial charge on any atom is -0.383 e. The summed E-state index contributed by atoms with van der Waals surface area (Å²) < 4.78 is 27.4. The van der Waals surface area contributed by atoms with Gasteiger partial charge in [-0.25, -0.2) is 13.8 Å². The zero-order chi connectivity index (χ0) is 27.0. The Morgan fingerprint density at radius 3 is 2.82 bits per heavy atom. The van der Waals surface area contributed by atoms with Gasteiger partial charge in [0.1, 0.15) is 5.82 Å². The lowest BCUT2D eigenvalue weighted by Gasteiger charge is -2.16. The molecule has 5 heterocycles. The average molecular weight is 524 g/mol. The molecule has 1 saturated heterocycles. The molecule has 0 saturated carbocycles. The smallest absolute Gasteiger partial charge is 0.261 e. The van der Waals surface area contributed by atoms with Gasteiger partial charge in [-0.05, 0) is 53.6 Å². The number of aromatic amines is 1. The molecule has 5 N–H and O–H groups in total. The monoisotopic (exact) mass is 523 g/mol. The number of nitrogens with two attached hydrogens (primary N) is 1. The quantitative estimate of drug-likeness (QED) is 0.255. The molecule has 0 bridgehead atoms. The Hall–Kier alpha value is -4.63. The molecule has 39 heavy (non-hydrogen) atoms. The molecule has 6 rings (SSSR count). The van der Waals surface area contributed by atoms with Crippen LogP contribution in [0, 0.1) is 5.41 Å². The van der Waals surface area contributed by atoms with Crippen molar-refractivity contribution in [2.75, 3.05) is 25.4 Å². The van der Waals surface area contributed by atoms with E-state index in [2.05, 4.69) is 20.3 Å². The Kier molecular flexibility index (Phi) is 6.28. The van der Waals surface area contributed by atoms with Crippen molar-refractivity contribution in [3.05, 3.63) is 108 Å². The van der Waals surface area contributed by atoms with Crippen LogP contribution in [0.15, 0.2) is 91.0 Å². The van der Waals surface area contributed by atoms with Crippen molar-refractivity contribution in [2.45, 2.75) is 12.3 Å². The van der Waals surface area contributed by atoms with Crippen LogP contribution in [-0.4, -0.2) is 51.1 Å². The van der Waals surface area contributed by atoms with Crippen molar-refractivity contribution in [1.29, 1.82) is 5.41 Å². The first-order chi connectivity index (χ1) is 18.9. The van der Waals surface area contributed by atoms with Crippen LogP contribution in [0.5, 0.6) is 0 Å². The number of anilines is 1. The number of H-pyrrole nitrogens is 1. The standard InChI is InChI=1S/C30H27F2N7/c31-30(32)8-11-39(18-30)17-19-7-10-35-15-20(12-19)21-13-24(29(34)37-16-21)28(33)27-14-23-22(4-3-6-26(23)38-27)25-5-1-2-9-36-25/h1-7,9-10,12-16,33,35,38H,8,11,17-18H2,(H2,34,37). The lowest BCUT2D eigenvalue weighted by Crippen LogP contribution is -2.26. The third-order valence-corrected chi connectivity index (χ3v) is 7.02. The van der Waals surface area contributed by atoms with Crippen molar-refractivity contribution < 1.29 is 8.78 Å². The van der Waals surface area contributed by atoms with Gasteiger partial charge in [0.15, 0.2) is 0 Å². The highest BCUT2D eigenvalue weighted by atomic mass is 19.3. The van der Waals surface area contributed by atoms with E-state index in [1.54, 1.807) is 23.5 Å². The van der Waals surface area contributed by atoms with E-state index in [9.17, 15) is 8.78 Å². The molecular formula is C30H27F2N7. The van der Waals surface area contributed by atoms with Crippen LogP contribution < -0.4 is 11.1 Å². The Morgan fingerprint density at radius 2 is 2.03 bits per heavy atom. The van der Waals surface area contributed by atoms with Crippen molar-refractivity contribution in [3.63, 3.8) is 0 Å². The molecule has 1 fully saturated rings. The fourth-order valence-electron chi connectivity index (χ4n) is 5.06. The molecule has 2 aliphatic heterocycles. The van der Waals surface area contributed by atoms with E-state index in [0.29, 0.717) is 24.3 Å². The molecular weight excluding hydrogens is 496 g/mol. The fraction of sp³-hybridized carbons (Fsp3) is 0.167. The molecule has 196 valence electrons. The minimum atomic E-state index is -2.64. The Balaban J connectivity index is 1.30. The van der Waals surface area contributed by atoms with Gasteiger partial charge in [-0.3, -0.25) is 15.3 Å². The van der Waals surface area contributed by atoms with E-state index >= 15 is 0 Å². The summed E-state index contributed by atoms with van der Waals surface area (Å²) in [6.45, 7) is 0.549. The first-order valence-corrected chi connectivity index (χ1v) is 12.7. The van der Waals surface area contributed by atoms with Crippen LogP contribution in [0.1, 0.15) is 23.2 Å². The largest absolute Gasteiger partial charge is 0.383 e. The molecule has 0 aliphatic carbocycles. The number of nitrogen functional groups attached to an aromatic ring is 1. The number of fused-ring (bicyclic) bond motifs is 1. The van der Waals surface area contributed by atoms with E-state index in [4.69, 9.17) is 11.1 Å². The number of likely N-dealkylation sites (tertiary alicyclic amines) is 1. The number of nitrogens with zero attached hydrogens (tertiary/aromatic N) is 3. The molecule has 0 atom stereocenters. The van der Waals surface area contributed by atoms with Gasteiger partial charge in [0.05, 0.1) is 23.6 Å². The molecule has 9 heteroatoms. The van der Waals surface area contributed by atoms with E-state index in [1.165, 1.54) is 0 Å². The fourth-order valence-corrected chi connectivity index (χ4v) is 5.06. The number of aromatic nitrogens is 3. The number of rotatable bonds is 6. The zero-order valence-electron chi connectivity index (χ0n) is 21.1. The van der Waals surface area contributed by atoms with Crippen LogP contribution in [-0.2, 0) is 0 Å². The Bertz CT molecular complexity index is 1650. The SMILES string of the molecule is N=C(c1cc2c(-c3ccccn3)cccc2[nH]1)c1cc(C2=CNC=CC(CN3CCC(F)(F)C3)=C2)cnc1N. The highest BCUT2D eigenvalue weighted by Gasteiger charge is 2.38. The van der Waals surface area contributed by atoms with Crippen LogP contribution in [0.2, 0.25) is 0 Å². The molecule has 0 radical (unpaired) electrons. The maximum absolute atomic E-state index is 13.7. The molecule has 0 unspecified atom stereocenters. The summed E-state index contributed by atoms with van der Waals surface area (Å²) in [6, 6.07) is 15.5. The Labute approximate surface area is 224 Å². The third-order valence-electron chi connectivity index (χ3n) is 7.02. The second-order valence-corrected chi connectivity index (χ2v) is 9.83. The molecule has 2 aliphatic rings. The molecule has 4 aromatic rings. The maximum atomic E-state index is 13.7. The second kappa shape index (κ2) is 9.92. The van der Waals surface area contributed by atoms with Crippen molar-refractivity contribution in [3.8, 4) is 11.3 Å². The number of halogens is 2. The number of hydrogen-bond donors (Lipinski definition) is 4. The van der Waals surface area contributed by atoms with E-state index < -0.39 is 5.92 Å². The van der Waals surface area contributed by atoms with Crippen molar-refractivity contribution in [1.82, 2.24) is 25.2 Å². The van der Waals surface area contributed by atoms with Crippen LogP contribution in [0.25, 0.3) is 27.7 Å². The second-order valence-electron chi connectivity index (χ2n) is 9.83. The predicted octanol–water partition coefficient (Wildman–Crippen LogP) is 5.35.